The predicted molar refractivity (Wildman–Crippen MR) is 120 cm³/mol. The average molecular weight is 404 g/mol. The van der Waals surface area contributed by atoms with E-state index in [1.54, 1.807) is 0 Å². The van der Waals surface area contributed by atoms with Gasteiger partial charge in [-0.05, 0) is 35.6 Å². The minimum absolute atomic E-state index is 0.0110. The van der Waals surface area contributed by atoms with Crippen molar-refractivity contribution < 1.29 is 10.0 Å². The minimum Gasteiger partial charge on any atom is -0.343 e. The molecule has 0 bridgehead atoms. The zero-order chi connectivity index (χ0) is 20.8. The minimum atomic E-state index is -0.531. The normalized spacial score (nSPS) is 19.2. The first-order valence-corrected chi connectivity index (χ1v) is 10.9. The number of carbonyl (C=O) groups is 1. The fourth-order valence-corrected chi connectivity index (χ4v) is 4.46. The van der Waals surface area contributed by atoms with Crippen molar-refractivity contribution in [1.82, 2.24) is 10.8 Å². The largest absolute Gasteiger partial charge is 0.343 e. The first-order valence-electron chi connectivity index (χ1n) is 10.9. The van der Waals surface area contributed by atoms with E-state index in [4.69, 9.17) is 0 Å². The molecule has 4 rings (SSSR count). The van der Waals surface area contributed by atoms with Gasteiger partial charge in [0.15, 0.2) is 5.84 Å². The van der Waals surface area contributed by atoms with Crippen molar-refractivity contribution in [1.29, 1.82) is 0 Å². The number of rotatable bonds is 5. The number of aliphatic imine (C=N–C) groups is 1. The van der Waals surface area contributed by atoms with E-state index in [1.807, 2.05) is 60.7 Å². The summed E-state index contributed by atoms with van der Waals surface area (Å²) in [4.78, 5) is 17.3. The summed E-state index contributed by atoms with van der Waals surface area (Å²) < 4.78 is 0. The molecule has 3 N–H and O–H groups in total. The number of hydrogen-bond donors (Lipinski definition) is 3. The molecule has 1 heterocycles. The number of para-hydroxylation sites is 1. The van der Waals surface area contributed by atoms with Gasteiger partial charge in [-0.15, -0.1) is 0 Å². The number of benzene rings is 2. The van der Waals surface area contributed by atoms with Crippen LogP contribution in [0.5, 0.6) is 0 Å². The third-order valence-electron chi connectivity index (χ3n) is 6.08. The van der Waals surface area contributed by atoms with Crippen LogP contribution in [-0.4, -0.2) is 23.0 Å². The Morgan fingerprint density at radius 3 is 2.50 bits per heavy atom. The van der Waals surface area contributed by atoms with E-state index in [-0.39, 0.29) is 5.91 Å². The van der Waals surface area contributed by atoms with Gasteiger partial charge in [0.25, 0.3) is 0 Å². The molecule has 2 aromatic carbocycles. The highest BCUT2D eigenvalue weighted by Gasteiger charge is 2.24. The third-order valence-corrected chi connectivity index (χ3v) is 6.08. The second-order valence-electron chi connectivity index (χ2n) is 8.16. The summed E-state index contributed by atoms with van der Waals surface area (Å²) in [7, 11) is 0. The molecule has 156 valence electrons. The number of carbonyl (C=O) groups excluding carboxylic acids is 1. The lowest BCUT2D eigenvalue weighted by Gasteiger charge is -2.22. The number of nitrogens with zero attached hydrogens (tertiary/aromatic N) is 1. The van der Waals surface area contributed by atoms with Crippen LogP contribution < -0.4 is 10.8 Å². The molecule has 2 aliphatic rings. The van der Waals surface area contributed by atoms with Gasteiger partial charge in [0.1, 0.15) is 6.04 Å². The van der Waals surface area contributed by atoms with E-state index >= 15 is 0 Å². The maximum absolute atomic E-state index is 12.7. The Morgan fingerprint density at radius 2 is 1.73 bits per heavy atom. The molecule has 0 saturated heterocycles. The van der Waals surface area contributed by atoms with Crippen molar-refractivity contribution >= 4 is 23.0 Å². The van der Waals surface area contributed by atoms with Crippen LogP contribution >= 0.6 is 0 Å². The number of amidine groups is 1. The Morgan fingerprint density at radius 1 is 1.00 bits per heavy atom. The molecule has 1 amide bonds. The van der Waals surface area contributed by atoms with Crippen molar-refractivity contribution in [2.75, 3.05) is 0 Å². The molecule has 5 nitrogen and oxygen atoms in total. The van der Waals surface area contributed by atoms with E-state index in [0.29, 0.717) is 18.2 Å². The number of fused-ring (bicyclic) bond motifs is 1. The number of hydroxylamine groups is 1. The summed E-state index contributed by atoms with van der Waals surface area (Å²) in [6.07, 6.45) is 9.74. The highest BCUT2D eigenvalue weighted by Crippen LogP contribution is 2.34. The molecule has 1 unspecified atom stereocenters. The first kappa shape index (κ1) is 20.4. The monoisotopic (exact) mass is 403 g/mol. The van der Waals surface area contributed by atoms with Crippen LogP contribution in [0.2, 0.25) is 0 Å². The fraction of sp³-hybridized carbons (Fsp3) is 0.360. The van der Waals surface area contributed by atoms with Gasteiger partial charge in [0, 0.05) is 12.0 Å². The van der Waals surface area contributed by atoms with Crippen LogP contribution in [0.3, 0.4) is 0 Å². The lowest BCUT2D eigenvalue weighted by atomic mass is 9.86. The van der Waals surface area contributed by atoms with Crippen molar-refractivity contribution in [3.63, 3.8) is 0 Å². The number of hydrogen-bond acceptors (Lipinski definition) is 4. The van der Waals surface area contributed by atoms with Crippen LogP contribution in [0.1, 0.15) is 56.1 Å². The quantitative estimate of drug-likeness (QED) is 0.616. The Labute approximate surface area is 177 Å². The molecule has 5 heteroatoms. The van der Waals surface area contributed by atoms with E-state index in [1.165, 1.54) is 32.1 Å². The van der Waals surface area contributed by atoms with Gasteiger partial charge in [-0.2, -0.15) is 0 Å². The number of nitrogens with one attached hydrogen (secondary N) is 2. The van der Waals surface area contributed by atoms with Gasteiger partial charge in [-0.1, -0.05) is 80.6 Å². The van der Waals surface area contributed by atoms with Crippen molar-refractivity contribution in [2.24, 2.45) is 10.9 Å². The van der Waals surface area contributed by atoms with E-state index in [2.05, 4.69) is 15.8 Å². The predicted octanol–water partition coefficient (Wildman–Crippen LogP) is 4.99. The molecule has 2 aromatic rings. The topological polar surface area (TPSA) is 73.7 Å². The summed E-state index contributed by atoms with van der Waals surface area (Å²) in [5, 5.41) is 12.8. The van der Waals surface area contributed by atoms with Crippen molar-refractivity contribution in [3.8, 4) is 0 Å². The zero-order valence-electron chi connectivity index (χ0n) is 17.2. The SMILES string of the molecule is O=C(CCC1CCCCC1)NC1C=C(c2ccccc2)c2ccccc2N=C1NO. The molecule has 1 aliphatic heterocycles. The maximum atomic E-state index is 12.7. The lowest BCUT2D eigenvalue weighted by molar-refractivity contribution is -0.121. The standard InChI is InChI=1S/C25H29N3O2/c29-24(16-15-18-9-3-1-4-10-18)26-23-17-21(19-11-5-2-6-12-19)20-13-7-8-14-22(20)27-25(23)28-30/h2,5-8,11-14,17-18,23,30H,1,3-4,9-10,15-16H2,(H,26,29)(H,27,28). The van der Waals surface area contributed by atoms with Crippen LogP contribution in [0, 0.1) is 5.92 Å². The molecular formula is C25H29N3O2. The molecule has 0 spiro atoms. The Hall–Kier alpha value is -2.92. The van der Waals surface area contributed by atoms with Crippen LogP contribution in [-0.2, 0) is 4.79 Å². The highest BCUT2D eigenvalue weighted by molar-refractivity contribution is 6.00. The Bertz CT molecular complexity index is 930. The first-order chi connectivity index (χ1) is 14.7. The van der Waals surface area contributed by atoms with Gasteiger partial charge in [0.05, 0.1) is 5.69 Å². The van der Waals surface area contributed by atoms with E-state index in [9.17, 15) is 10.0 Å². The zero-order valence-corrected chi connectivity index (χ0v) is 17.2. The summed E-state index contributed by atoms with van der Waals surface area (Å²) >= 11 is 0. The van der Waals surface area contributed by atoms with Crippen molar-refractivity contribution in [2.45, 2.75) is 51.0 Å². The van der Waals surface area contributed by atoms with Gasteiger partial charge in [-0.3, -0.25) is 15.5 Å². The van der Waals surface area contributed by atoms with Gasteiger partial charge in [-0.25, -0.2) is 4.99 Å². The average Bonchev–Trinajstić information content (AvgIpc) is 2.96. The van der Waals surface area contributed by atoms with Gasteiger partial charge >= 0.3 is 0 Å². The van der Waals surface area contributed by atoms with E-state index < -0.39 is 6.04 Å². The second kappa shape index (κ2) is 9.72. The molecule has 1 saturated carbocycles. The molecule has 1 aliphatic carbocycles. The van der Waals surface area contributed by atoms with E-state index in [0.717, 1.165) is 28.8 Å². The smallest absolute Gasteiger partial charge is 0.220 e. The molecule has 1 fully saturated rings. The number of amides is 1. The summed E-state index contributed by atoms with van der Waals surface area (Å²) in [6.45, 7) is 0. The molecule has 0 aromatic heterocycles. The van der Waals surface area contributed by atoms with Gasteiger partial charge in [0.2, 0.25) is 5.91 Å². The van der Waals surface area contributed by atoms with Crippen LogP contribution in [0.15, 0.2) is 65.7 Å². The molecule has 1 atom stereocenters. The van der Waals surface area contributed by atoms with Crippen LogP contribution in [0.25, 0.3) is 5.57 Å². The third kappa shape index (κ3) is 4.79. The highest BCUT2D eigenvalue weighted by atomic mass is 16.5. The second-order valence-corrected chi connectivity index (χ2v) is 8.16. The molecular weight excluding hydrogens is 374 g/mol. The summed E-state index contributed by atoms with van der Waals surface area (Å²) in [6, 6.07) is 17.3. The fourth-order valence-electron chi connectivity index (χ4n) is 4.46. The van der Waals surface area contributed by atoms with Crippen molar-refractivity contribution in [3.05, 3.63) is 71.8 Å². The van der Waals surface area contributed by atoms with Gasteiger partial charge < -0.3 is 5.32 Å². The lowest BCUT2D eigenvalue weighted by Crippen LogP contribution is -2.44. The summed E-state index contributed by atoms with van der Waals surface area (Å²) in [5.74, 6) is 0.963. The Balaban J connectivity index is 1.58. The van der Waals surface area contributed by atoms with Crippen LogP contribution in [0.4, 0.5) is 5.69 Å². The Kier molecular flexibility index (Phi) is 6.60. The maximum Gasteiger partial charge on any atom is 0.220 e. The summed E-state index contributed by atoms with van der Waals surface area (Å²) in [5.41, 5.74) is 5.96. The molecule has 0 radical (unpaired) electrons. The molecule has 30 heavy (non-hydrogen) atoms.